The Hall–Kier alpha value is -1.66. The van der Waals surface area contributed by atoms with Crippen molar-refractivity contribution in [2.45, 2.75) is 38.3 Å². The van der Waals surface area contributed by atoms with E-state index in [1.54, 1.807) is 6.07 Å². The minimum Gasteiger partial charge on any atom is -0.339 e. The molecule has 130 valence electrons. The van der Waals surface area contributed by atoms with Crippen molar-refractivity contribution >= 4 is 5.91 Å². The van der Waals surface area contributed by atoms with E-state index in [0.29, 0.717) is 6.54 Å². The van der Waals surface area contributed by atoms with Gasteiger partial charge in [-0.3, -0.25) is 19.4 Å². The fourth-order valence-electron chi connectivity index (χ4n) is 4.02. The van der Waals surface area contributed by atoms with E-state index in [-0.39, 0.29) is 11.5 Å². The SMILES string of the molecule is O=C(CN1CCc2[nH]c(=O)ccc2C1)N1CCN(C2CCC2)CC1. The second-order valence-electron chi connectivity index (χ2n) is 7.29. The lowest BCUT2D eigenvalue weighted by atomic mass is 9.91. The molecule has 1 saturated carbocycles. The number of amides is 1. The van der Waals surface area contributed by atoms with Gasteiger partial charge in [-0.15, -0.1) is 0 Å². The highest BCUT2D eigenvalue weighted by Gasteiger charge is 2.30. The van der Waals surface area contributed by atoms with Crippen LogP contribution in [0.1, 0.15) is 30.5 Å². The van der Waals surface area contributed by atoms with Crippen molar-refractivity contribution in [2.24, 2.45) is 0 Å². The summed E-state index contributed by atoms with van der Waals surface area (Å²) in [5.41, 5.74) is 2.13. The molecule has 1 aromatic heterocycles. The van der Waals surface area contributed by atoms with E-state index in [9.17, 15) is 9.59 Å². The summed E-state index contributed by atoms with van der Waals surface area (Å²) in [7, 11) is 0. The zero-order valence-corrected chi connectivity index (χ0v) is 14.2. The zero-order valence-electron chi connectivity index (χ0n) is 14.2. The molecule has 6 nitrogen and oxygen atoms in total. The Labute approximate surface area is 142 Å². The zero-order chi connectivity index (χ0) is 16.5. The fourth-order valence-corrected chi connectivity index (χ4v) is 4.02. The van der Waals surface area contributed by atoms with Gasteiger partial charge in [0.05, 0.1) is 6.54 Å². The highest BCUT2D eigenvalue weighted by atomic mass is 16.2. The maximum absolute atomic E-state index is 12.6. The molecular formula is C18H26N4O2. The lowest BCUT2D eigenvalue weighted by molar-refractivity contribution is -0.135. The molecule has 2 fully saturated rings. The minimum atomic E-state index is -0.0392. The smallest absolute Gasteiger partial charge is 0.248 e. The van der Waals surface area contributed by atoms with E-state index in [4.69, 9.17) is 0 Å². The van der Waals surface area contributed by atoms with Crippen LogP contribution in [0, 0.1) is 0 Å². The molecule has 0 unspecified atom stereocenters. The fraction of sp³-hybridized carbons (Fsp3) is 0.667. The number of fused-ring (bicyclic) bond motifs is 1. The van der Waals surface area contributed by atoms with E-state index in [2.05, 4.69) is 14.8 Å². The highest BCUT2D eigenvalue weighted by Crippen LogP contribution is 2.25. The lowest BCUT2D eigenvalue weighted by Crippen LogP contribution is -2.55. The number of nitrogens with zero attached hydrogens (tertiary/aromatic N) is 3. The van der Waals surface area contributed by atoms with E-state index in [0.717, 1.165) is 63.0 Å². The van der Waals surface area contributed by atoms with E-state index in [1.807, 2.05) is 11.0 Å². The van der Waals surface area contributed by atoms with Crippen molar-refractivity contribution in [3.8, 4) is 0 Å². The predicted molar refractivity (Wildman–Crippen MR) is 91.8 cm³/mol. The Balaban J connectivity index is 1.29. The average molecular weight is 330 g/mol. The molecule has 1 amide bonds. The Bertz CT molecular complexity index is 659. The summed E-state index contributed by atoms with van der Waals surface area (Å²) < 4.78 is 0. The second kappa shape index (κ2) is 6.69. The van der Waals surface area contributed by atoms with Crippen molar-refractivity contribution in [1.82, 2.24) is 19.7 Å². The molecule has 24 heavy (non-hydrogen) atoms. The molecule has 3 heterocycles. The van der Waals surface area contributed by atoms with Crippen molar-refractivity contribution in [3.05, 3.63) is 33.7 Å². The van der Waals surface area contributed by atoms with Gasteiger partial charge in [0.1, 0.15) is 0 Å². The van der Waals surface area contributed by atoms with Crippen molar-refractivity contribution < 1.29 is 4.79 Å². The van der Waals surface area contributed by atoms with Crippen molar-refractivity contribution in [3.63, 3.8) is 0 Å². The van der Waals surface area contributed by atoms with Gasteiger partial charge in [0.2, 0.25) is 11.5 Å². The second-order valence-corrected chi connectivity index (χ2v) is 7.29. The number of carbonyl (C=O) groups excluding carboxylic acids is 1. The molecular weight excluding hydrogens is 304 g/mol. The number of rotatable bonds is 3. The van der Waals surface area contributed by atoms with Crippen LogP contribution < -0.4 is 5.56 Å². The van der Waals surface area contributed by atoms with Crippen LogP contribution in [0.25, 0.3) is 0 Å². The van der Waals surface area contributed by atoms with Crippen LogP contribution in [-0.4, -0.2) is 70.9 Å². The van der Waals surface area contributed by atoms with Gasteiger partial charge in [-0.25, -0.2) is 0 Å². The quantitative estimate of drug-likeness (QED) is 0.873. The van der Waals surface area contributed by atoms with E-state index in [1.165, 1.54) is 19.3 Å². The number of hydrogen-bond acceptors (Lipinski definition) is 4. The maximum Gasteiger partial charge on any atom is 0.248 e. The normalized spacial score (nSPS) is 22.9. The first kappa shape index (κ1) is 15.8. The van der Waals surface area contributed by atoms with Gasteiger partial charge in [0.25, 0.3) is 0 Å². The molecule has 6 heteroatoms. The van der Waals surface area contributed by atoms with Gasteiger partial charge in [-0.1, -0.05) is 12.5 Å². The van der Waals surface area contributed by atoms with E-state index >= 15 is 0 Å². The Morgan fingerprint density at radius 2 is 1.92 bits per heavy atom. The molecule has 1 aliphatic carbocycles. The van der Waals surface area contributed by atoms with Gasteiger partial charge < -0.3 is 9.88 Å². The van der Waals surface area contributed by atoms with Crippen LogP contribution in [-0.2, 0) is 17.8 Å². The first-order valence-corrected chi connectivity index (χ1v) is 9.14. The summed E-state index contributed by atoms with van der Waals surface area (Å²) in [6.07, 6.45) is 4.85. The summed E-state index contributed by atoms with van der Waals surface area (Å²) in [6.45, 7) is 5.86. The molecule has 1 saturated heterocycles. The number of aromatic nitrogens is 1. The third kappa shape index (κ3) is 3.26. The summed E-state index contributed by atoms with van der Waals surface area (Å²) in [5, 5.41) is 0. The van der Waals surface area contributed by atoms with Gasteiger partial charge in [0, 0.05) is 63.5 Å². The summed E-state index contributed by atoms with van der Waals surface area (Å²) in [6, 6.07) is 4.24. The average Bonchev–Trinajstić information content (AvgIpc) is 2.54. The number of H-pyrrole nitrogens is 1. The van der Waals surface area contributed by atoms with Crippen LogP contribution in [0.5, 0.6) is 0 Å². The standard InChI is InChI=1S/C18H26N4O2/c23-17-5-4-14-12-20(7-6-16(14)19-17)13-18(24)22-10-8-21(9-11-22)15-2-1-3-15/h4-5,15H,1-3,6-13H2,(H,19,23). The first-order chi connectivity index (χ1) is 11.7. The number of carbonyl (C=O) groups is 1. The molecule has 1 aromatic rings. The largest absolute Gasteiger partial charge is 0.339 e. The first-order valence-electron chi connectivity index (χ1n) is 9.14. The van der Waals surface area contributed by atoms with Gasteiger partial charge in [0.15, 0.2) is 0 Å². The Morgan fingerprint density at radius 1 is 1.12 bits per heavy atom. The molecule has 0 spiro atoms. The number of aromatic amines is 1. The van der Waals surface area contributed by atoms with Crippen molar-refractivity contribution in [1.29, 1.82) is 0 Å². The molecule has 3 aliphatic rings. The Kier molecular flexibility index (Phi) is 4.41. The predicted octanol–water partition coefficient (Wildman–Crippen LogP) is 0.430. The highest BCUT2D eigenvalue weighted by molar-refractivity contribution is 5.78. The summed E-state index contributed by atoms with van der Waals surface area (Å²) in [5.74, 6) is 0.246. The maximum atomic E-state index is 12.6. The van der Waals surface area contributed by atoms with Gasteiger partial charge in [-0.05, 0) is 18.4 Å². The van der Waals surface area contributed by atoms with Gasteiger partial charge >= 0.3 is 0 Å². The van der Waals surface area contributed by atoms with Crippen LogP contribution in [0.15, 0.2) is 16.9 Å². The van der Waals surface area contributed by atoms with Crippen LogP contribution in [0.3, 0.4) is 0 Å². The molecule has 0 bridgehead atoms. The topological polar surface area (TPSA) is 59.7 Å². The van der Waals surface area contributed by atoms with Gasteiger partial charge in [-0.2, -0.15) is 0 Å². The van der Waals surface area contributed by atoms with Crippen molar-refractivity contribution in [2.75, 3.05) is 39.3 Å². The monoisotopic (exact) mass is 330 g/mol. The molecule has 0 radical (unpaired) electrons. The summed E-state index contributed by atoms with van der Waals surface area (Å²) >= 11 is 0. The third-order valence-electron chi connectivity index (χ3n) is 5.79. The number of hydrogen-bond donors (Lipinski definition) is 1. The molecule has 2 aliphatic heterocycles. The molecule has 4 rings (SSSR count). The number of pyridine rings is 1. The van der Waals surface area contributed by atoms with Crippen LogP contribution in [0.2, 0.25) is 0 Å². The minimum absolute atomic E-state index is 0.0392. The molecule has 1 N–H and O–H groups in total. The number of piperazine rings is 1. The molecule has 0 atom stereocenters. The lowest BCUT2D eigenvalue weighted by Gasteiger charge is -2.43. The Morgan fingerprint density at radius 3 is 2.62 bits per heavy atom. The third-order valence-corrected chi connectivity index (χ3v) is 5.79. The summed E-state index contributed by atoms with van der Waals surface area (Å²) in [4.78, 5) is 33.7. The van der Waals surface area contributed by atoms with E-state index < -0.39 is 0 Å². The van der Waals surface area contributed by atoms with Crippen LogP contribution in [0.4, 0.5) is 0 Å². The van der Waals surface area contributed by atoms with Crippen LogP contribution >= 0.6 is 0 Å². The number of nitrogens with one attached hydrogen (secondary N) is 1. The molecule has 0 aromatic carbocycles.